The van der Waals surface area contributed by atoms with Crippen LogP contribution in [0.15, 0.2) is 18.2 Å². The van der Waals surface area contributed by atoms with Gasteiger partial charge in [0.15, 0.2) is 0 Å². The predicted octanol–water partition coefficient (Wildman–Crippen LogP) is 3.95. The Morgan fingerprint density at radius 2 is 2.10 bits per heavy atom. The van der Waals surface area contributed by atoms with Crippen LogP contribution in [0.5, 0.6) is 0 Å². The van der Waals surface area contributed by atoms with Gasteiger partial charge >= 0.3 is 0 Å². The molecule has 1 aliphatic carbocycles. The van der Waals surface area contributed by atoms with Crippen LogP contribution >= 0.6 is 0 Å². The highest BCUT2D eigenvalue weighted by molar-refractivity contribution is 5.54. The second-order valence-electron chi connectivity index (χ2n) is 5.94. The van der Waals surface area contributed by atoms with Crippen LogP contribution in [-0.4, -0.2) is 19.1 Å². The van der Waals surface area contributed by atoms with Crippen molar-refractivity contribution in [2.24, 2.45) is 5.92 Å². The predicted molar refractivity (Wildman–Crippen MR) is 83.6 cm³/mol. The van der Waals surface area contributed by atoms with E-state index in [1.165, 1.54) is 12.8 Å². The van der Waals surface area contributed by atoms with Crippen molar-refractivity contribution in [3.8, 4) is 0 Å². The molecule has 1 N–H and O–H groups in total. The fourth-order valence-electron chi connectivity index (χ4n) is 2.46. The number of nitrogens with zero attached hydrogens (tertiary/aromatic N) is 1. The Balaban J connectivity index is 2.15. The summed E-state index contributed by atoms with van der Waals surface area (Å²) in [6, 6.07) is 6.06. The smallest absolute Gasteiger partial charge is 0.129 e. The van der Waals surface area contributed by atoms with Crippen LogP contribution in [0.2, 0.25) is 0 Å². The SMILES string of the molecule is CCC(C)CN(CC)c1cccc(F)c1CNC1CC1. The largest absolute Gasteiger partial charge is 0.371 e. The summed E-state index contributed by atoms with van der Waals surface area (Å²) in [6.07, 6.45) is 3.61. The lowest BCUT2D eigenvalue weighted by Gasteiger charge is -2.28. The Morgan fingerprint density at radius 1 is 1.35 bits per heavy atom. The maximum Gasteiger partial charge on any atom is 0.129 e. The van der Waals surface area contributed by atoms with Crippen LogP contribution < -0.4 is 10.2 Å². The summed E-state index contributed by atoms with van der Waals surface area (Å²) in [7, 11) is 0. The Bertz CT molecular complexity index is 429. The maximum absolute atomic E-state index is 14.2. The van der Waals surface area contributed by atoms with Crippen molar-refractivity contribution in [1.29, 1.82) is 0 Å². The molecule has 0 spiro atoms. The molecule has 1 fully saturated rings. The van der Waals surface area contributed by atoms with Gasteiger partial charge in [-0.25, -0.2) is 4.39 Å². The molecule has 1 aromatic carbocycles. The minimum absolute atomic E-state index is 0.0850. The fraction of sp³-hybridized carbons (Fsp3) is 0.647. The van der Waals surface area contributed by atoms with E-state index in [0.717, 1.165) is 30.8 Å². The van der Waals surface area contributed by atoms with Gasteiger partial charge in [-0.3, -0.25) is 0 Å². The molecular weight excluding hydrogens is 251 g/mol. The van der Waals surface area contributed by atoms with E-state index in [0.29, 0.717) is 18.5 Å². The molecule has 112 valence electrons. The lowest BCUT2D eigenvalue weighted by atomic mass is 10.1. The van der Waals surface area contributed by atoms with Crippen LogP contribution in [0.1, 0.15) is 45.6 Å². The molecule has 0 amide bonds. The summed E-state index contributed by atoms with van der Waals surface area (Å²) >= 11 is 0. The number of hydrogen-bond donors (Lipinski definition) is 1. The summed E-state index contributed by atoms with van der Waals surface area (Å²) in [5, 5.41) is 3.43. The lowest BCUT2D eigenvalue weighted by Crippen LogP contribution is -2.30. The Labute approximate surface area is 122 Å². The van der Waals surface area contributed by atoms with Gasteiger partial charge in [0.1, 0.15) is 5.82 Å². The molecule has 0 radical (unpaired) electrons. The van der Waals surface area contributed by atoms with Gasteiger partial charge in [0.25, 0.3) is 0 Å². The molecule has 0 saturated heterocycles. The monoisotopic (exact) mass is 278 g/mol. The van der Waals surface area contributed by atoms with Crippen molar-refractivity contribution in [2.45, 2.75) is 52.6 Å². The molecule has 1 unspecified atom stereocenters. The third-order valence-corrected chi connectivity index (χ3v) is 4.19. The molecule has 2 nitrogen and oxygen atoms in total. The molecule has 0 aromatic heterocycles. The summed E-state index contributed by atoms with van der Waals surface area (Å²) in [5.41, 5.74) is 1.88. The van der Waals surface area contributed by atoms with Gasteiger partial charge in [-0.05, 0) is 37.8 Å². The topological polar surface area (TPSA) is 15.3 Å². The zero-order valence-corrected chi connectivity index (χ0v) is 13.0. The second-order valence-corrected chi connectivity index (χ2v) is 5.94. The molecule has 0 bridgehead atoms. The van der Waals surface area contributed by atoms with Gasteiger partial charge in [-0.1, -0.05) is 26.3 Å². The molecule has 20 heavy (non-hydrogen) atoms. The first-order chi connectivity index (χ1) is 9.65. The van der Waals surface area contributed by atoms with E-state index in [1.807, 2.05) is 6.07 Å². The molecular formula is C17H27FN2. The van der Waals surface area contributed by atoms with E-state index < -0.39 is 0 Å². The first kappa shape index (κ1) is 15.3. The second kappa shape index (κ2) is 7.07. The Kier molecular flexibility index (Phi) is 5.41. The summed E-state index contributed by atoms with van der Waals surface area (Å²) in [4.78, 5) is 2.31. The lowest BCUT2D eigenvalue weighted by molar-refractivity contribution is 0.541. The number of benzene rings is 1. The van der Waals surface area contributed by atoms with Crippen LogP contribution in [0.25, 0.3) is 0 Å². The van der Waals surface area contributed by atoms with Gasteiger partial charge in [0.2, 0.25) is 0 Å². The van der Waals surface area contributed by atoms with Crippen molar-refractivity contribution in [1.82, 2.24) is 5.32 Å². The standard InChI is InChI=1S/C17H27FN2/c1-4-13(3)12-20(5-2)17-8-6-7-16(18)15(17)11-19-14-9-10-14/h6-8,13-14,19H,4-5,9-12H2,1-3H3. The maximum atomic E-state index is 14.2. The van der Waals surface area contributed by atoms with Crippen molar-refractivity contribution in [3.05, 3.63) is 29.6 Å². The van der Waals surface area contributed by atoms with Crippen LogP contribution in [0, 0.1) is 11.7 Å². The highest BCUT2D eigenvalue weighted by Crippen LogP contribution is 2.26. The molecule has 1 aliphatic rings. The first-order valence-electron chi connectivity index (χ1n) is 7.91. The minimum Gasteiger partial charge on any atom is -0.371 e. The average molecular weight is 278 g/mol. The number of hydrogen-bond acceptors (Lipinski definition) is 2. The summed E-state index contributed by atoms with van der Waals surface area (Å²) in [6.45, 7) is 9.16. The Morgan fingerprint density at radius 3 is 2.70 bits per heavy atom. The van der Waals surface area contributed by atoms with E-state index in [1.54, 1.807) is 6.07 Å². The molecule has 1 atom stereocenters. The zero-order chi connectivity index (χ0) is 14.5. The number of anilines is 1. The molecule has 2 rings (SSSR count). The van der Waals surface area contributed by atoms with Crippen molar-refractivity contribution < 1.29 is 4.39 Å². The van der Waals surface area contributed by atoms with Crippen molar-refractivity contribution in [3.63, 3.8) is 0 Å². The molecule has 1 aromatic rings. The summed E-state index contributed by atoms with van der Waals surface area (Å²) in [5.74, 6) is 0.542. The van der Waals surface area contributed by atoms with Gasteiger partial charge in [-0.2, -0.15) is 0 Å². The van der Waals surface area contributed by atoms with Gasteiger partial charge < -0.3 is 10.2 Å². The van der Waals surface area contributed by atoms with E-state index >= 15 is 0 Å². The van der Waals surface area contributed by atoms with E-state index in [4.69, 9.17) is 0 Å². The first-order valence-corrected chi connectivity index (χ1v) is 7.91. The molecule has 3 heteroatoms. The fourth-order valence-corrected chi connectivity index (χ4v) is 2.46. The van der Waals surface area contributed by atoms with E-state index in [2.05, 4.69) is 37.1 Å². The Hall–Kier alpha value is -1.09. The highest BCUT2D eigenvalue weighted by atomic mass is 19.1. The average Bonchev–Trinajstić information content (AvgIpc) is 3.27. The van der Waals surface area contributed by atoms with Gasteiger partial charge in [-0.15, -0.1) is 0 Å². The van der Waals surface area contributed by atoms with E-state index in [9.17, 15) is 4.39 Å². The van der Waals surface area contributed by atoms with Crippen molar-refractivity contribution in [2.75, 3.05) is 18.0 Å². The number of rotatable bonds is 8. The van der Waals surface area contributed by atoms with Crippen LogP contribution in [-0.2, 0) is 6.54 Å². The minimum atomic E-state index is -0.0850. The number of nitrogens with one attached hydrogen (secondary N) is 1. The number of halogens is 1. The highest BCUT2D eigenvalue weighted by Gasteiger charge is 2.22. The van der Waals surface area contributed by atoms with Crippen LogP contribution in [0.4, 0.5) is 10.1 Å². The van der Waals surface area contributed by atoms with E-state index in [-0.39, 0.29) is 5.82 Å². The third-order valence-electron chi connectivity index (χ3n) is 4.19. The molecule has 0 aliphatic heterocycles. The zero-order valence-electron chi connectivity index (χ0n) is 13.0. The molecule has 0 heterocycles. The van der Waals surface area contributed by atoms with Crippen molar-refractivity contribution >= 4 is 5.69 Å². The van der Waals surface area contributed by atoms with Crippen LogP contribution in [0.3, 0.4) is 0 Å². The molecule has 1 saturated carbocycles. The quantitative estimate of drug-likeness (QED) is 0.774. The third kappa shape index (κ3) is 3.95. The normalized spacial score (nSPS) is 16.2. The van der Waals surface area contributed by atoms with Gasteiger partial charge in [0, 0.05) is 36.9 Å². The summed E-state index contributed by atoms with van der Waals surface area (Å²) < 4.78 is 14.2. The van der Waals surface area contributed by atoms with Gasteiger partial charge in [0.05, 0.1) is 0 Å².